The van der Waals surface area contributed by atoms with Gasteiger partial charge in [-0.25, -0.2) is 19.2 Å². The molecule has 4 saturated carbocycles. The first kappa shape index (κ1) is 55.1. The molecule has 1 saturated heterocycles. The van der Waals surface area contributed by atoms with Crippen LogP contribution in [-0.2, 0) is 10.3 Å². The van der Waals surface area contributed by atoms with E-state index in [9.17, 15) is 29.1 Å². The minimum absolute atomic E-state index is 0. The Morgan fingerprint density at radius 1 is 0.653 bits per heavy atom. The molecule has 0 unspecified atom stereocenters. The summed E-state index contributed by atoms with van der Waals surface area (Å²) in [4.78, 5) is 61.5. The predicted octanol–water partition coefficient (Wildman–Crippen LogP) is 4.35. The number of halogens is 1. The van der Waals surface area contributed by atoms with Gasteiger partial charge >= 0.3 is 23.1 Å². The Morgan fingerprint density at radius 3 is 1.49 bits per heavy atom. The molecule has 19 heteroatoms. The van der Waals surface area contributed by atoms with E-state index in [4.69, 9.17) is 4.74 Å². The number of hydrogen-bond donors (Lipinski definition) is 5. The summed E-state index contributed by atoms with van der Waals surface area (Å²) in [7, 11) is 0. The topological polar surface area (TPSA) is 231 Å². The zero-order valence-corrected chi connectivity index (χ0v) is 45.7. The molecule has 13 rings (SSSR count). The van der Waals surface area contributed by atoms with Crippen molar-refractivity contribution in [2.75, 3.05) is 13.2 Å². The molecule has 5 aliphatic rings. The first-order chi connectivity index (χ1) is 34.6. The fraction of sp³-hybridized carbons (Fsp3) is 0.393. The first-order valence-corrected chi connectivity index (χ1v) is 25.0. The Bertz CT molecular complexity index is 3530. The van der Waals surface area contributed by atoms with Crippen molar-refractivity contribution in [3.8, 4) is 0 Å². The number of fused-ring (bicyclic) bond motifs is 4. The molecule has 75 heavy (non-hydrogen) atoms. The van der Waals surface area contributed by atoms with Crippen LogP contribution in [0.25, 0.3) is 32.6 Å². The molecule has 17 nitrogen and oxygen atoms in total. The van der Waals surface area contributed by atoms with Gasteiger partial charge in [0.25, 0.3) is 22.9 Å². The number of carbonyl (C=O) groups is 3. The number of nitrogens with zero attached hydrogens (tertiary/aromatic N) is 6. The van der Waals surface area contributed by atoms with E-state index >= 15 is 0 Å². The third-order valence-electron chi connectivity index (χ3n) is 15.8. The van der Waals surface area contributed by atoms with Crippen molar-refractivity contribution in [3.63, 3.8) is 0 Å². The van der Waals surface area contributed by atoms with Crippen molar-refractivity contribution in [3.05, 3.63) is 159 Å². The SMILES string of the molecule is C1CCOC1.CC(=O)c1ccc2c(C(=O)NC3CC4(C3)CC(c3n[nH]c(=O)c5ccccc35)C4)cnn2c1.CC(C)(O)c1ccc2c(C(=O)NC3CC4(C3)CC(c3n[nH]c(=O)c5ccccc35)C4)cnn2c1.[Br-].[CH3-].[Mg+2]. The largest absolute Gasteiger partial charge is 2.00 e. The van der Waals surface area contributed by atoms with Gasteiger partial charge in [-0.3, -0.25) is 24.0 Å². The minimum Gasteiger partial charge on any atom is -1.00 e. The van der Waals surface area contributed by atoms with Crippen molar-refractivity contribution in [2.45, 2.75) is 114 Å². The molecule has 0 atom stereocenters. The average Bonchev–Trinajstić information content (AvgIpc) is 4.13. The second kappa shape index (κ2) is 21.8. The summed E-state index contributed by atoms with van der Waals surface area (Å²) < 4.78 is 8.16. The third kappa shape index (κ3) is 10.8. The van der Waals surface area contributed by atoms with Gasteiger partial charge in [0, 0.05) is 71.4 Å². The summed E-state index contributed by atoms with van der Waals surface area (Å²) in [6.45, 7) is 6.95. The summed E-state index contributed by atoms with van der Waals surface area (Å²) in [5.74, 6) is 0.378. The van der Waals surface area contributed by atoms with Crippen LogP contribution in [0.1, 0.15) is 145 Å². The minimum atomic E-state index is -0.972. The number of carbonyl (C=O) groups excluding carboxylic acids is 3. The van der Waals surface area contributed by atoms with Crippen LogP contribution in [-0.4, -0.2) is 111 Å². The molecule has 2 aromatic carbocycles. The summed E-state index contributed by atoms with van der Waals surface area (Å²) in [5.41, 5.74) is 4.94. The molecule has 4 aliphatic carbocycles. The van der Waals surface area contributed by atoms with Crippen molar-refractivity contribution in [1.29, 1.82) is 0 Å². The van der Waals surface area contributed by atoms with Gasteiger partial charge in [-0.2, -0.15) is 20.4 Å². The van der Waals surface area contributed by atoms with Crippen molar-refractivity contribution < 1.29 is 41.2 Å². The van der Waals surface area contributed by atoms with E-state index in [1.54, 1.807) is 59.8 Å². The number of aromatic nitrogens is 8. The van der Waals surface area contributed by atoms with Gasteiger partial charge in [-0.15, -0.1) is 0 Å². The van der Waals surface area contributed by atoms with Gasteiger partial charge in [0.05, 0.1) is 62.3 Å². The number of amides is 2. The van der Waals surface area contributed by atoms with E-state index in [-0.39, 0.29) is 99.1 Å². The van der Waals surface area contributed by atoms with Gasteiger partial charge in [-0.1, -0.05) is 42.5 Å². The summed E-state index contributed by atoms with van der Waals surface area (Å²) in [6, 6.07) is 22.7. The van der Waals surface area contributed by atoms with E-state index in [0.29, 0.717) is 44.8 Å². The van der Waals surface area contributed by atoms with Crippen molar-refractivity contribution in [2.24, 2.45) is 10.8 Å². The zero-order chi connectivity index (χ0) is 49.9. The number of H-pyrrole nitrogens is 2. The third-order valence-corrected chi connectivity index (χ3v) is 15.8. The van der Waals surface area contributed by atoms with Crippen LogP contribution < -0.4 is 38.7 Å². The number of hydrogen-bond acceptors (Lipinski definition) is 11. The van der Waals surface area contributed by atoms with Crippen LogP contribution in [0.4, 0.5) is 0 Å². The number of benzene rings is 2. The average molecular weight is 1090 g/mol. The van der Waals surface area contributed by atoms with Crippen LogP contribution in [0.5, 0.6) is 0 Å². The Balaban J connectivity index is 0.000000176. The quantitative estimate of drug-likeness (QED) is 0.0816. The monoisotopic (exact) mass is 1090 g/mol. The standard InChI is InChI=1S/C26H27N5O3.C25H23N5O3.C4H8O.CH3.BrH.Mg/c1-25(2,34)16-7-8-21-20(13-27-31(21)14-16)23(32)28-17-11-26(12-17)9-15(10-26)22-18-5-3-4-6-19(18)24(33)30-29-22;1-14(31)15-6-7-21-20(12-26-30(21)13-15)23(32)27-17-10-25(11-17)8-16(9-25)22-18-4-2-3-5-19(18)24(33)29-28-22;1-2-4-5-3-1;;;/h3-8,13-15,17,34H,9-12H2,1-2H3,(H,28,32)(H,30,33);2-7,12-13,16-17H,8-11H2,1H3,(H,27,32)(H,29,33);1-4H2;1H3;1H;/q;;;-1;;+2/p-1. The van der Waals surface area contributed by atoms with E-state index in [1.165, 1.54) is 19.8 Å². The Labute approximate surface area is 459 Å². The second-order valence-electron chi connectivity index (χ2n) is 21.4. The number of Topliss-reactive ketones (excluding diaryl/α,β-unsaturated/α-hetero) is 1. The maximum Gasteiger partial charge on any atom is 2.00 e. The van der Waals surface area contributed by atoms with Crippen molar-refractivity contribution >= 4 is 73.2 Å². The molecule has 2 spiro atoms. The van der Waals surface area contributed by atoms with Gasteiger partial charge in [0.1, 0.15) is 0 Å². The summed E-state index contributed by atoms with van der Waals surface area (Å²) in [6.07, 6.45) is 17.0. The molecular formula is C56H61BrMgN10O7. The molecular weight excluding hydrogens is 1030 g/mol. The first-order valence-electron chi connectivity index (χ1n) is 25.0. The number of pyridine rings is 2. The molecule has 5 N–H and O–H groups in total. The molecule has 8 aromatic rings. The van der Waals surface area contributed by atoms with Crippen LogP contribution in [0.15, 0.2) is 107 Å². The van der Waals surface area contributed by atoms with E-state index in [2.05, 4.69) is 41.2 Å². The normalized spacial score (nSPS) is 23.1. The Morgan fingerprint density at radius 2 is 1.08 bits per heavy atom. The number of rotatable bonds is 8. The van der Waals surface area contributed by atoms with Gasteiger partial charge < -0.3 is 44.9 Å². The fourth-order valence-corrected chi connectivity index (χ4v) is 12.0. The van der Waals surface area contributed by atoms with Crippen molar-refractivity contribution in [1.82, 2.24) is 50.3 Å². The predicted molar refractivity (Wildman–Crippen MR) is 282 cm³/mol. The molecule has 6 aromatic heterocycles. The summed E-state index contributed by atoms with van der Waals surface area (Å²) >= 11 is 0. The van der Waals surface area contributed by atoms with E-state index in [0.717, 1.165) is 97.8 Å². The Kier molecular flexibility index (Phi) is 16.1. The number of ether oxygens (including phenoxy) is 1. The van der Waals surface area contributed by atoms with Crippen LogP contribution in [0.3, 0.4) is 0 Å². The maximum absolute atomic E-state index is 12.9. The molecule has 0 bridgehead atoms. The second-order valence-corrected chi connectivity index (χ2v) is 21.4. The molecule has 7 heterocycles. The van der Waals surface area contributed by atoms with Crippen LogP contribution >= 0.6 is 0 Å². The summed E-state index contributed by atoms with van der Waals surface area (Å²) in [5, 5.41) is 42.3. The van der Waals surface area contributed by atoms with Crippen LogP contribution in [0, 0.1) is 18.3 Å². The molecule has 2 amide bonds. The van der Waals surface area contributed by atoms with Gasteiger partial charge in [0.2, 0.25) is 0 Å². The smallest absolute Gasteiger partial charge is 1.00 e. The molecule has 0 radical (unpaired) electrons. The fourth-order valence-electron chi connectivity index (χ4n) is 12.0. The van der Waals surface area contributed by atoms with Gasteiger partial charge in [0.15, 0.2) is 5.78 Å². The Hall–Kier alpha value is -6.12. The number of aromatic amines is 2. The zero-order valence-electron chi connectivity index (χ0n) is 42.7. The number of ketones is 1. The van der Waals surface area contributed by atoms with E-state index < -0.39 is 5.60 Å². The molecule has 386 valence electrons. The number of nitrogens with one attached hydrogen (secondary N) is 4. The van der Waals surface area contributed by atoms with Gasteiger partial charge in [-0.05, 0) is 126 Å². The number of aliphatic hydroxyl groups is 1. The van der Waals surface area contributed by atoms with Crippen LogP contribution in [0.2, 0.25) is 0 Å². The molecule has 1 aliphatic heterocycles. The van der Waals surface area contributed by atoms with E-state index in [1.807, 2.05) is 60.7 Å². The molecule has 5 fully saturated rings. The maximum atomic E-state index is 12.9.